The Morgan fingerprint density at radius 3 is 2.79 bits per heavy atom. The van der Waals surface area contributed by atoms with Gasteiger partial charge in [0.15, 0.2) is 6.61 Å². The summed E-state index contributed by atoms with van der Waals surface area (Å²) in [6, 6.07) is 5.82. The lowest BCUT2D eigenvalue weighted by Gasteiger charge is -2.19. The number of hydrogen-bond donors (Lipinski definition) is 1. The maximum absolute atomic E-state index is 12.6. The van der Waals surface area contributed by atoms with Crippen LogP contribution in [0.1, 0.15) is 65.9 Å². The number of esters is 1. The minimum absolute atomic E-state index is 0.134. The second kappa shape index (κ2) is 9.76. The molecule has 1 aliphatic rings. The SMILES string of the molecule is CCOC(=O)c1c(NC(=O)COc2ccc(CC)cc2Br)sc2c1C(C)CCC2. The normalized spacial score (nSPS) is 15.5. The van der Waals surface area contributed by atoms with Crippen molar-refractivity contribution in [1.29, 1.82) is 0 Å². The summed E-state index contributed by atoms with van der Waals surface area (Å²) in [7, 11) is 0. The Kier molecular flexibility index (Phi) is 7.35. The first-order chi connectivity index (χ1) is 13.9. The molecule has 7 heteroatoms. The summed E-state index contributed by atoms with van der Waals surface area (Å²) in [5, 5.41) is 3.44. The van der Waals surface area contributed by atoms with E-state index in [9.17, 15) is 9.59 Å². The van der Waals surface area contributed by atoms with Crippen molar-refractivity contribution in [3.8, 4) is 5.75 Å². The molecule has 2 aromatic rings. The molecule has 0 spiro atoms. The van der Waals surface area contributed by atoms with Gasteiger partial charge in [-0.1, -0.05) is 19.9 Å². The third-order valence-corrected chi connectivity index (χ3v) is 6.85. The van der Waals surface area contributed by atoms with Gasteiger partial charge in [0, 0.05) is 4.88 Å². The van der Waals surface area contributed by atoms with Gasteiger partial charge in [0.1, 0.15) is 10.8 Å². The minimum atomic E-state index is -0.368. The van der Waals surface area contributed by atoms with E-state index in [-0.39, 0.29) is 24.4 Å². The molecule has 0 fully saturated rings. The zero-order chi connectivity index (χ0) is 21.0. The lowest BCUT2D eigenvalue weighted by molar-refractivity contribution is -0.118. The highest BCUT2D eigenvalue weighted by molar-refractivity contribution is 9.10. The van der Waals surface area contributed by atoms with Gasteiger partial charge in [-0.2, -0.15) is 0 Å². The smallest absolute Gasteiger partial charge is 0.341 e. The Balaban J connectivity index is 1.75. The average molecular weight is 480 g/mol. The summed E-state index contributed by atoms with van der Waals surface area (Å²) in [6.07, 6.45) is 3.99. The van der Waals surface area contributed by atoms with Gasteiger partial charge in [0.2, 0.25) is 0 Å². The molecule has 156 valence electrons. The lowest BCUT2D eigenvalue weighted by Crippen LogP contribution is -2.21. The van der Waals surface area contributed by atoms with E-state index >= 15 is 0 Å². The quantitative estimate of drug-likeness (QED) is 0.516. The second-order valence-electron chi connectivity index (χ2n) is 7.11. The lowest BCUT2D eigenvalue weighted by atomic mass is 9.86. The van der Waals surface area contributed by atoms with Crippen molar-refractivity contribution >= 4 is 44.1 Å². The molecular formula is C22H26BrNO4S. The van der Waals surface area contributed by atoms with E-state index < -0.39 is 0 Å². The summed E-state index contributed by atoms with van der Waals surface area (Å²) in [6.45, 7) is 6.16. The van der Waals surface area contributed by atoms with Crippen LogP contribution in [0.25, 0.3) is 0 Å². The molecule has 1 aromatic heterocycles. The van der Waals surface area contributed by atoms with Crippen LogP contribution in [0.4, 0.5) is 5.00 Å². The first-order valence-corrected chi connectivity index (χ1v) is 11.6. The molecule has 0 bridgehead atoms. The average Bonchev–Trinajstić information content (AvgIpc) is 3.06. The van der Waals surface area contributed by atoms with E-state index in [1.807, 2.05) is 18.2 Å². The zero-order valence-corrected chi connectivity index (χ0v) is 19.4. The van der Waals surface area contributed by atoms with Crippen LogP contribution in [0, 0.1) is 0 Å². The molecule has 1 heterocycles. The highest BCUT2D eigenvalue weighted by atomic mass is 79.9. The molecule has 5 nitrogen and oxygen atoms in total. The van der Waals surface area contributed by atoms with Crippen molar-refractivity contribution in [2.45, 2.75) is 52.4 Å². The van der Waals surface area contributed by atoms with E-state index in [2.05, 4.69) is 35.1 Å². The molecule has 0 saturated heterocycles. The molecule has 0 radical (unpaired) electrons. The van der Waals surface area contributed by atoms with E-state index in [1.165, 1.54) is 21.8 Å². The Morgan fingerprint density at radius 2 is 2.10 bits per heavy atom. The molecule has 1 N–H and O–H groups in total. The number of anilines is 1. The van der Waals surface area contributed by atoms with Crippen molar-refractivity contribution in [2.24, 2.45) is 0 Å². The molecule has 1 atom stereocenters. The van der Waals surface area contributed by atoms with Gasteiger partial charge < -0.3 is 14.8 Å². The van der Waals surface area contributed by atoms with Crippen LogP contribution in [0.5, 0.6) is 5.75 Å². The van der Waals surface area contributed by atoms with E-state index in [4.69, 9.17) is 9.47 Å². The molecule has 1 aromatic carbocycles. The number of aryl methyl sites for hydroxylation is 2. The van der Waals surface area contributed by atoms with Crippen LogP contribution in [0.2, 0.25) is 0 Å². The first-order valence-electron chi connectivity index (χ1n) is 9.98. The third-order valence-electron chi connectivity index (χ3n) is 5.05. The minimum Gasteiger partial charge on any atom is -0.483 e. The molecule has 1 unspecified atom stereocenters. The maximum atomic E-state index is 12.6. The summed E-state index contributed by atoms with van der Waals surface area (Å²) in [5.74, 6) is 0.229. The van der Waals surface area contributed by atoms with Crippen LogP contribution in [-0.2, 0) is 22.4 Å². The van der Waals surface area contributed by atoms with Gasteiger partial charge in [-0.25, -0.2) is 4.79 Å². The van der Waals surface area contributed by atoms with Gasteiger partial charge in [-0.3, -0.25) is 4.79 Å². The number of thiophene rings is 1. The number of nitrogens with one attached hydrogen (secondary N) is 1. The number of fused-ring (bicyclic) bond motifs is 1. The number of benzene rings is 1. The largest absolute Gasteiger partial charge is 0.483 e. The fourth-order valence-electron chi connectivity index (χ4n) is 3.59. The van der Waals surface area contributed by atoms with Gasteiger partial charge in [0.25, 0.3) is 5.91 Å². The summed E-state index contributed by atoms with van der Waals surface area (Å²) >= 11 is 4.96. The third kappa shape index (κ3) is 5.01. The molecule has 0 saturated carbocycles. The predicted molar refractivity (Wildman–Crippen MR) is 119 cm³/mol. The molecule has 0 aliphatic heterocycles. The Bertz CT molecular complexity index is 908. The number of ether oxygens (including phenoxy) is 2. The fraction of sp³-hybridized carbons (Fsp3) is 0.455. The van der Waals surface area contributed by atoms with Crippen molar-refractivity contribution < 1.29 is 19.1 Å². The van der Waals surface area contributed by atoms with E-state index in [0.717, 1.165) is 35.7 Å². The van der Waals surface area contributed by atoms with Gasteiger partial charge in [0.05, 0.1) is 16.6 Å². The van der Waals surface area contributed by atoms with Crippen molar-refractivity contribution in [2.75, 3.05) is 18.5 Å². The summed E-state index contributed by atoms with van der Waals surface area (Å²) in [5.41, 5.74) is 2.74. The number of rotatable bonds is 7. The number of carbonyl (C=O) groups excluding carboxylic acids is 2. The first kappa shape index (κ1) is 21.8. The number of hydrogen-bond acceptors (Lipinski definition) is 5. The summed E-state index contributed by atoms with van der Waals surface area (Å²) < 4.78 is 11.8. The maximum Gasteiger partial charge on any atom is 0.341 e. The Labute approximate surface area is 183 Å². The molecule has 29 heavy (non-hydrogen) atoms. The van der Waals surface area contributed by atoms with Gasteiger partial charge >= 0.3 is 5.97 Å². The summed E-state index contributed by atoms with van der Waals surface area (Å²) in [4.78, 5) is 26.3. The zero-order valence-electron chi connectivity index (χ0n) is 17.0. The number of carbonyl (C=O) groups is 2. The standard InChI is InChI=1S/C22H26BrNO4S/c1-4-14-9-10-16(15(23)11-14)28-12-18(25)24-21-20(22(26)27-5-2)19-13(3)7-6-8-17(19)29-21/h9-11,13H,4-8,12H2,1-3H3,(H,24,25). The predicted octanol–water partition coefficient (Wildman–Crippen LogP) is 5.71. The molecule has 1 amide bonds. The second-order valence-corrected chi connectivity index (χ2v) is 9.07. The van der Waals surface area contributed by atoms with Crippen LogP contribution < -0.4 is 10.1 Å². The molecule has 3 rings (SSSR count). The van der Waals surface area contributed by atoms with Crippen LogP contribution in [0.15, 0.2) is 22.7 Å². The van der Waals surface area contributed by atoms with Crippen LogP contribution >= 0.6 is 27.3 Å². The monoisotopic (exact) mass is 479 g/mol. The van der Waals surface area contributed by atoms with E-state index in [0.29, 0.717) is 22.9 Å². The number of amides is 1. The molecular weight excluding hydrogens is 454 g/mol. The highest BCUT2D eigenvalue weighted by Crippen LogP contribution is 2.43. The van der Waals surface area contributed by atoms with Crippen LogP contribution in [-0.4, -0.2) is 25.1 Å². The Morgan fingerprint density at radius 1 is 1.31 bits per heavy atom. The van der Waals surface area contributed by atoms with Gasteiger partial charge in [-0.05, 0) is 77.7 Å². The fourth-order valence-corrected chi connectivity index (χ4v) is 5.50. The van der Waals surface area contributed by atoms with Gasteiger partial charge in [-0.15, -0.1) is 11.3 Å². The van der Waals surface area contributed by atoms with Crippen LogP contribution in [0.3, 0.4) is 0 Å². The van der Waals surface area contributed by atoms with Crippen molar-refractivity contribution in [3.63, 3.8) is 0 Å². The topological polar surface area (TPSA) is 64.6 Å². The van der Waals surface area contributed by atoms with E-state index in [1.54, 1.807) is 6.92 Å². The molecule has 1 aliphatic carbocycles. The highest BCUT2D eigenvalue weighted by Gasteiger charge is 2.30. The van der Waals surface area contributed by atoms with Crippen molar-refractivity contribution in [1.82, 2.24) is 0 Å². The Hall–Kier alpha value is -1.86. The number of halogens is 1. The van der Waals surface area contributed by atoms with Crippen molar-refractivity contribution in [3.05, 3.63) is 44.2 Å².